The molecule has 1 heterocycles. The molecule has 0 unspecified atom stereocenters. The quantitative estimate of drug-likeness (QED) is 0.886. The molecular formula is C12H9ClFNO4S2. The lowest BCUT2D eigenvalue weighted by molar-refractivity contribution is 0.0701. The zero-order valence-electron chi connectivity index (χ0n) is 10.6. The minimum Gasteiger partial charge on any atom is -0.477 e. The van der Waals surface area contributed by atoms with E-state index in [1.807, 2.05) is 0 Å². The van der Waals surface area contributed by atoms with Gasteiger partial charge in [-0.2, -0.15) is 0 Å². The molecule has 0 bridgehead atoms. The van der Waals surface area contributed by atoms with E-state index in [9.17, 15) is 17.6 Å². The summed E-state index contributed by atoms with van der Waals surface area (Å²) < 4.78 is 39.5. The smallest absolute Gasteiger partial charge is 0.346 e. The molecule has 0 aliphatic carbocycles. The largest absolute Gasteiger partial charge is 0.477 e. The molecule has 0 aliphatic rings. The molecule has 112 valence electrons. The number of carboxylic acids is 1. The van der Waals surface area contributed by atoms with Gasteiger partial charge in [0.1, 0.15) is 20.6 Å². The van der Waals surface area contributed by atoms with Crippen molar-refractivity contribution in [3.05, 3.63) is 45.5 Å². The second-order valence-corrected chi connectivity index (χ2v) is 7.22. The van der Waals surface area contributed by atoms with Gasteiger partial charge in [0.05, 0.1) is 5.02 Å². The lowest BCUT2D eigenvalue weighted by atomic mass is 10.3. The molecule has 0 fully saturated rings. The van der Waals surface area contributed by atoms with E-state index in [1.54, 1.807) is 6.92 Å². The maximum absolute atomic E-state index is 12.9. The normalized spacial score (nSPS) is 11.4. The third kappa shape index (κ3) is 3.34. The van der Waals surface area contributed by atoms with Crippen molar-refractivity contribution >= 4 is 43.9 Å². The lowest BCUT2D eigenvalue weighted by Gasteiger charge is -2.07. The van der Waals surface area contributed by atoms with Crippen molar-refractivity contribution in [3.63, 3.8) is 0 Å². The number of sulfonamides is 1. The fraction of sp³-hybridized carbons (Fsp3) is 0.0833. The van der Waals surface area contributed by atoms with E-state index >= 15 is 0 Å². The molecule has 0 saturated heterocycles. The van der Waals surface area contributed by atoms with Crippen molar-refractivity contribution in [3.8, 4) is 0 Å². The highest BCUT2D eigenvalue weighted by Gasteiger charge is 2.21. The lowest BCUT2D eigenvalue weighted by Crippen LogP contribution is -2.12. The van der Waals surface area contributed by atoms with Crippen LogP contribution in [0.2, 0.25) is 5.02 Å². The summed E-state index contributed by atoms with van der Waals surface area (Å²) >= 11 is 6.51. The molecule has 0 radical (unpaired) electrons. The minimum absolute atomic E-state index is 0.0397. The average Bonchev–Trinajstić information content (AvgIpc) is 2.68. The van der Waals surface area contributed by atoms with E-state index in [4.69, 9.17) is 16.7 Å². The monoisotopic (exact) mass is 349 g/mol. The molecule has 1 aromatic heterocycles. The fourth-order valence-electron chi connectivity index (χ4n) is 1.63. The van der Waals surface area contributed by atoms with Crippen molar-refractivity contribution in [2.45, 2.75) is 11.8 Å². The Bertz CT molecular complexity index is 817. The van der Waals surface area contributed by atoms with Crippen LogP contribution < -0.4 is 4.72 Å². The summed E-state index contributed by atoms with van der Waals surface area (Å²) in [5, 5.41) is 8.83. The molecule has 0 spiro atoms. The number of nitrogens with one attached hydrogen (secondary N) is 1. The van der Waals surface area contributed by atoms with Gasteiger partial charge in [-0.25, -0.2) is 17.6 Å². The predicted octanol–water partition coefficient (Wildman–Crippen LogP) is 3.35. The highest BCUT2D eigenvalue weighted by molar-refractivity contribution is 7.93. The molecule has 2 aromatic rings. The van der Waals surface area contributed by atoms with Crippen LogP contribution in [0.1, 0.15) is 15.2 Å². The highest BCUT2D eigenvalue weighted by atomic mass is 35.5. The number of anilines is 1. The van der Waals surface area contributed by atoms with Gasteiger partial charge in [0.25, 0.3) is 10.0 Å². The Labute approximate surface area is 129 Å². The third-order valence-electron chi connectivity index (χ3n) is 2.53. The summed E-state index contributed by atoms with van der Waals surface area (Å²) in [5.74, 6) is -1.79. The van der Waals surface area contributed by atoms with Crippen molar-refractivity contribution in [1.29, 1.82) is 0 Å². The number of hydrogen-bond acceptors (Lipinski definition) is 4. The van der Waals surface area contributed by atoms with Crippen LogP contribution in [0.15, 0.2) is 29.2 Å². The van der Waals surface area contributed by atoms with E-state index in [1.165, 1.54) is 6.07 Å². The molecule has 0 aliphatic heterocycles. The zero-order valence-corrected chi connectivity index (χ0v) is 12.9. The number of aryl methyl sites for hydroxylation is 1. The summed E-state index contributed by atoms with van der Waals surface area (Å²) in [6.45, 7) is 1.56. The number of carbonyl (C=O) groups is 1. The fourth-order valence-corrected chi connectivity index (χ4v) is 4.35. The zero-order chi connectivity index (χ0) is 15.8. The minimum atomic E-state index is -4.02. The highest BCUT2D eigenvalue weighted by Crippen LogP contribution is 2.30. The van der Waals surface area contributed by atoms with Gasteiger partial charge in [-0.1, -0.05) is 11.6 Å². The maximum atomic E-state index is 12.9. The first-order valence-corrected chi connectivity index (χ1v) is 8.20. The molecule has 2 rings (SSSR count). The van der Waals surface area contributed by atoms with Crippen LogP contribution in [0.3, 0.4) is 0 Å². The third-order valence-corrected chi connectivity index (χ3v) is 5.65. The summed E-state index contributed by atoms with van der Waals surface area (Å²) in [7, 11) is -4.02. The van der Waals surface area contributed by atoms with Crippen LogP contribution in [0, 0.1) is 12.7 Å². The van der Waals surface area contributed by atoms with Gasteiger partial charge in [0, 0.05) is 0 Å². The summed E-state index contributed by atoms with van der Waals surface area (Å²) in [4.78, 5) is 10.7. The van der Waals surface area contributed by atoms with E-state index < -0.39 is 21.8 Å². The van der Waals surface area contributed by atoms with Gasteiger partial charge in [-0.15, -0.1) is 11.3 Å². The molecule has 1 aromatic carbocycles. The van der Waals surface area contributed by atoms with Crippen LogP contribution in [-0.2, 0) is 10.0 Å². The summed E-state index contributed by atoms with van der Waals surface area (Å²) in [6, 6.07) is 4.31. The van der Waals surface area contributed by atoms with Crippen LogP contribution in [0.4, 0.5) is 9.39 Å². The van der Waals surface area contributed by atoms with Gasteiger partial charge in [-0.05, 0) is 36.8 Å². The van der Waals surface area contributed by atoms with Crippen LogP contribution >= 0.6 is 22.9 Å². The Hall–Kier alpha value is -1.64. The predicted molar refractivity (Wildman–Crippen MR) is 78.2 cm³/mol. The maximum Gasteiger partial charge on any atom is 0.346 e. The second-order valence-electron chi connectivity index (χ2n) is 4.11. The molecule has 5 nitrogen and oxygen atoms in total. The number of thiophene rings is 1. The van der Waals surface area contributed by atoms with Gasteiger partial charge in [0.15, 0.2) is 0 Å². The average molecular weight is 350 g/mol. The SMILES string of the molecule is Cc1cc(NS(=O)(=O)c2ccc(F)cc2Cl)sc1C(=O)O. The van der Waals surface area contributed by atoms with Gasteiger partial charge < -0.3 is 5.11 Å². The first-order valence-electron chi connectivity index (χ1n) is 5.52. The van der Waals surface area contributed by atoms with Gasteiger partial charge in [-0.3, -0.25) is 4.72 Å². The number of halogens is 2. The van der Waals surface area contributed by atoms with E-state index in [0.717, 1.165) is 29.5 Å². The van der Waals surface area contributed by atoms with Crippen molar-refractivity contribution in [2.75, 3.05) is 4.72 Å². The molecular weight excluding hydrogens is 341 g/mol. The Balaban J connectivity index is 2.37. The van der Waals surface area contributed by atoms with E-state index in [-0.39, 0.29) is 19.8 Å². The molecule has 9 heteroatoms. The Kier molecular flexibility index (Phi) is 4.22. The molecule has 2 N–H and O–H groups in total. The number of aromatic carboxylic acids is 1. The van der Waals surface area contributed by atoms with Crippen molar-refractivity contribution in [2.24, 2.45) is 0 Å². The van der Waals surface area contributed by atoms with Crippen LogP contribution in [0.5, 0.6) is 0 Å². The first-order chi connectivity index (χ1) is 9.70. The topological polar surface area (TPSA) is 83.5 Å². The van der Waals surface area contributed by atoms with E-state index in [2.05, 4.69) is 4.72 Å². The van der Waals surface area contributed by atoms with Crippen LogP contribution in [0.25, 0.3) is 0 Å². The molecule has 0 atom stereocenters. The number of benzene rings is 1. The Morgan fingerprint density at radius 1 is 1.38 bits per heavy atom. The van der Waals surface area contributed by atoms with Gasteiger partial charge in [0.2, 0.25) is 0 Å². The van der Waals surface area contributed by atoms with E-state index in [0.29, 0.717) is 5.56 Å². The summed E-state index contributed by atoms with van der Waals surface area (Å²) in [5.41, 5.74) is 0.440. The second kappa shape index (κ2) is 5.63. The van der Waals surface area contributed by atoms with Gasteiger partial charge >= 0.3 is 5.97 Å². The van der Waals surface area contributed by atoms with Crippen molar-refractivity contribution in [1.82, 2.24) is 0 Å². The van der Waals surface area contributed by atoms with Crippen LogP contribution in [-0.4, -0.2) is 19.5 Å². The molecule has 0 amide bonds. The molecule has 21 heavy (non-hydrogen) atoms. The number of carboxylic acid groups (broad SMARTS) is 1. The Morgan fingerprint density at radius 3 is 2.57 bits per heavy atom. The molecule has 0 saturated carbocycles. The standard InChI is InChI=1S/C12H9ClFNO4S2/c1-6-4-10(20-11(6)12(16)17)15-21(18,19)9-3-2-7(14)5-8(9)13/h2-5,15H,1H3,(H,16,17). The Morgan fingerprint density at radius 2 is 2.05 bits per heavy atom. The van der Waals surface area contributed by atoms with Crippen molar-refractivity contribution < 1.29 is 22.7 Å². The first kappa shape index (κ1) is 15.7. The number of rotatable bonds is 4. The summed E-state index contributed by atoms with van der Waals surface area (Å²) in [6.07, 6.45) is 0. The number of hydrogen-bond donors (Lipinski definition) is 2.